The van der Waals surface area contributed by atoms with Gasteiger partial charge in [-0.2, -0.15) is 0 Å². The van der Waals surface area contributed by atoms with Crippen molar-refractivity contribution in [3.63, 3.8) is 0 Å². The third kappa shape index (κ3) is 5.44. The Labute approximate surface area is 109 Å². The Balaban J connectivity index is 2.34. The molecule has 0 fully saturated rings. The van der Waals surface area contributed by atoms with E-state index < -0.39 is 9.84 Å². The van der Waals surface area contributed by atoms with Crippen molar-refractivity contribution in [3.8, 4) is 0 Å². The molecular formula is C13H20N2O2S. The number of hydrogen-bond acceptors (Lipinski definition) is 4. The first-order valence-electron chi connectivity index (χ1n) is 5.85. The Morgan fingerprint density at radius 3 is 2.33 bits per heavy atom. The fourth-order valence-electron chi connectivity index (χ4n) is 1.47. The maximum atomic E-state index is 11.3. The van der Waals surface area contributed by atoms with Gasteiger partial charge in [-0.05, 0) is 17.7 Å². The van der Waals surface area contributed by atoms with E-state index in [1.807, 2.05) is 18.2 Å². The van der Waals surface area contributed by atoms with Crippen molar-refractivity contribution in [3.05, 3.63) is 42.5 Å². The molecule has 0 unspecified atom stereocenters. The molecule has 0 heterocycles. The van der Waals surface area contributed by atoms with Gasteiger partial charge in [-0.15, -0.1) is 6.58 Å². The van der Waals surface area contributed by atoms with Gasteiger partial charge in [-0.1, -0.05) is 18.2 Å². The second-order valence-corrected chi connectivity index (χ2v) is 6.10. The minimum Gasteiger partial charge on any atom is -0.312 e. The van der Waals surface area contributed by atoms with Gasteiger partial charge in [-0.25, -0.2) is 8.42 Å². The van der Waals surface area contributed by atoms with Crippen LogP contribution in [-0.2, 0) is 16.4 Å². The molecule has 1 rings (SSSR count). The standard InChI is InChI=1S/C13H20N2O2S/c1-3-8-14-9-10-15-11-12-4-6-13(7-5-12)18(2,16)17/h3-7,14-15H,1,8-11H2,2H3. The zero-order valence-corrected chi connectivity index (χ0v) is 11.5. The zero-order valence-electron chi connectivity index (χ0n) is 10.6. The minimum atomic E-state index is -3.09. The highest BCUT2D eigenvalue weighted by atomic mass is 32.2. The molecule has 0 saturated carbocycles. The number of nitrogens with one attached hydrogen (secondary N) is 2. The van der Waals surface area contributed by atoms with Crippen molar-refractivity contribution in [2.45, 2.75) is 11.4 Å². The molecule has 0 spiro atoms. The van der Waals surface area contributed by atoms with Crippen LogP contribution in [0.4, 0.5) is 0 Å². The molecule has 1 aromatic carbocycles. The summed E-state index contributed by atoms with van der Waals surface area (Å²) in [6.45, 7) is 6.91. The molecule has 5 heteroatoms. The van der Waals surface area contributed by atoms with Crippen LogP contribution in [0.2, 0.25) is 0 Å². The normalized spacial score (nSPS) is 11.4. The minimum absolute atomic E-state index is 0.360. The molecule has 2 N–H and O–H groups in total. The van der Waals surface area contributed by atoms with Crippen molar-refractivity contribution in [2.24, 2.45) is 0 Å². The summed E-state index contributed by atoms with van der Waals surface area (Å²) in [6, 6.07) is 6.95. The van der Waals surface area contributed by atoms with Crippen LogP contribution < -0.4 is 10.6 Å². The van der Waals surface area contributed by atoms with Crippen LogP contribution >= 0.6 is 0 Å². The van der Waals surface area contributed by atoms with Crippen LogP contribution in [-0.4, -0.2) is 34.3 Å². The monoisotopic (exact) mass is 268 g/mol. The Bertz CT molecular complexity index is 466. The fourth-order valence-corrected chi connectivity index (χ4v) is 2.10. The van der Waals surface area contributed by atoms with Crippen molar-refractivity contribution in [1.29, 1.82) is 0 Å². The quantitative estimate of drug-likeness (QED) is 0.544. The smallest absolute Gasteiger partial charge is 0.175 e. The van der Waals surface area contributed by atoms with E-state index in [9.17, 15) is 8.42 Å². The van der Waals surface area contributed by atoms with E-state index in [1.54, 1.807) is 12.1 Å². The Morgan fingerprint density at radius 2 is 1.78 bits per heavy atom. The van der Waals surface area contributed by atoms with Crippen LogP contribution in [0.3, 0.4) is 0 Å². The van der Waals surface area contributed by atoms with Gasteiger partial charge < -0.3 is 10.6 Å². The van der Waals surface area contributed by atoms with Crippen molar-refractivity contribution >= 4 is 9.84 Å². The lowest BCUT2D eigenvalue weighted by atomic mass is 10.2. The molecule has 0 bridgehead atoms. The molecule has 0 aromatic heterocycles. The Kier molecular flexibility index (Phi) is 6.04. The summed E-state index contributed by atoms with van der Waals surface area (Å²) >= 11 is 0. The average Bonchev–Trinajstić information content (AvgIpc) is 2.33. The SMILES string of the molecule is C=CCNCCNCc1ccc(S(C)(=O)=O)cc1. The van der Waals surface area contributed by atoms with Gasteiger partial charge in [0.05, 0.1) is 4.90 Å². The molecule has 0 amide bonds. The first kappa shape index (κ1) is 14.9. The molecule has 100 valence electrons. The van der Waals surface area contributed by atoms with Crippen molar-refractivity contribution in [1.82, 2.24) is 10.6 Å². The second kappa shape index (κ2) is 7.31. The van der Waals surface area contributed by atoms with Gasteiger partial charge in [0, 0.05) is 32.4 Å². The maximum absolute atomic E-state index is 11.3. The van der Waals surface area contributed by atoms with Crippen LogP contribution in [0.15, 0.2) is 41.8 Å². The number of sulfone groups is 1. The van der Waals surface area contributed by atoms with Gasteiger partial charge in [0.2, 0.25) is 0 Å². The van der Waals surface area contributed by atoms with E-state index in [0.29, 0.717) is 4.90 Å². The summed E-state index contributed by atoms with van der Waals surface area (Å²) in [5.74, 6) is 0. The number of hydrogen-bond donors (Lipinski definition) is 2. The molecule has 0 aliphatic heterocycles. The highest BCUT2D eigenvalue weighted by Crippen LogP contribution is 2.09. The molecule has 0 radical (unpaired) electrons. The molecular weight excluding hydrogens is 248 g/mol. The van der Waals surface area contributed by atoms with Gasteiger partial charge in [0.15, 0.2) is 9.84 Å². The van der Waals surface area contributed by atoms with Gasteiger partial charge in [0.25, 0.3) is 0 Å². The molecule has 4 nitrogen and oxygen atoms in total. The van der Waals surface area contributed by atoms with Crippen LogP contribution in [0.5, 0.6) is 0 Å². The predicted molar refractivity (Wildman–Crippen MR) is 74.3 cm³/mol. The first-order chi connectivity index (χ1) is 8.54. The van der Waals surface area contributed by atoms with Gasteiger partial charge in [0.1, 0.15) is 0 Å². The Hall–Kier alpha value is -1.17. The molecule has 0 aliphatic carbocycles. The van der Waals surface area contributed by atoms with E-state index in [-0.39, 0.29) is 0 Å². The summed E-state index contributed by atoms with van der Waals surface area (Å²) in [5.41, 5.74) is 1.08. The van der Waals surface area contributed by atoms with E-state index in [4.69, 9.17) is 0 Å². The largest absolute Gasteiger partial charge is 0.312 e. The van der Waals surface area contributed by atoms with Crippen LogP contribution in [0.25, 0.3) is 0 Å². The molecule has 0 atom stereocenters. The molecule has 0 aliphatic rings. The topological polar surface area (TPSA) is 58.2 Å². The first-order valence-corrected chi connectivity index (χ1v) is 7.74. The van der Waals surface area contributed by atoms with E-state index in [1.165, 1.54) is 6.26 Å². The third-order valence-corrected chi connectivity index (χ3v) is 3.58. The summed E-state index contributed by atoms with van der Waals surface area (Å²) in [5, 5.41) is 6.46. The fraction of sp³-hybridized carbons (Fsp3) is 0.385. The number of benzene rings is 1. The lowest BCUT2D eigenvalue weighted by molar-refractivity contribution is 0.601. The summed E-state index contributed by atoms with van der Waals surface area (Å²) < 4.78 is 22.5. The van der Waals surface area contributed by atoms with Crippen molar-refractivity contribution in [2.75, 3.05) is 25.9 Å². The molecule has 0 saturated heterocycles. The summed E-state index contributed by atoms with van der Waals surface area (Å²) in [6.07, 6.45) is 3.04. The highest BCUT2D eigenvalue weighted by Gasteiger charge is 2.05. The molecule has 18 heavy (non-hydrogen) atoms. The lowest BCUT2D eigenvalue weighted by Crippen LogP contribution is -2.27. The van der Waals surface area contributed by atoms with Crippen LogP contribution in [0, 0.1) is 0 Å². The Morgan fingerprint density at radius 1 is 1.17 bits per heavy atom. The van der Waals surface area contributed by atoms with E-state index >= 15 is 0 Å². The lowest BCUT2D eigenvalue weighted by Gasteiger charge is -2.06. The maximum Gasteiger partial charge on any atom is 0.175 e. The predicted octanol–water partition coefficient (Wildman–Crippen LogP) is 0.955. The van der Waals surface area contributed by atoms with Gasteiger partial charge in [-0.3, -0.25) is 0 Å². The van der Waals surface area contributed by atoms with E-state index in [2.05, 4.69) is 17.2 Å². The number of rotatable bonds is 8. The van der Waals surface area contributed by atoms with Gasteiger partial charge >= 0.3 is 0 Å². The average molecular weight is 268 g/mol. The van der Waals surface area contributed by atoms with Crippen molar-refractivity contribution < 1.29 is 8.42 Å². The molecule has 1 aromatic rings. The third-order valence-electron chi connectivity index (χ3n) is 2.45. The van der Waals surface area contributed by atoms with Crippen LogP contribution in [0.1, 0.15) is 5.56 Å². The second-order valence-electron chi connectivity index (χ2n) is 4.09. The zero-order chi connectivity index (χ0) is 13.4. The van der Waals surface area contributed by atoms with E-state index in [0.717, 1.165) is 31.7 Å². The summed E-state index contributed by atoms with van der Waals surface area (Å²) in [7, 11) is -3.09. The highest BCUT2D eigenvalue weighted by molar-refractivity contribution is 7.90. The summed E-state index contributed by atoms with van der Waals surface area (Å²) in [4.78, 5) is 0.360.